The van der Waals surface area contributed by atoms with Crippen LogP contribution >= 0.6 is 11.6 Å². The third-order valence-electron chi connectivity index (χ3n) is 2.38. The number of carboxylic acids is 1. The third-order valence-corrected chi connectivity index (χ3v) is 2.59. The number of aromatic nitrogens is 1. The second-order valence-electron chi connectivity index (χ2n) is 3.85. The number of primary amides is 1. The summed E-state index contributed by atoms with van der Waals surface area (Å²) in [5.74, 6) is -2.61. The molecule has 1 aromatic rings. The van der Waals surface area contributed by atoms with Gasteiger partial charge in [-0.3, -0.25) is 14.4 Å². The number of aryl methyl sites for hydroxylation is 1. The number of carbonyl (C=O) groups is 3. The van der Waals surface area contributed by atoms with E-state index in [1.807, 2.05) is 6.92 Å². The highest BCUT2D eigenvalue weighted by atomic mass is 35.5. The third kappa shape index (κ3) is 3.99. The molecule has 0 saturated heterocycles. The van der Waals surface area contributed by atoms with Gasteiger partial charge in [0, 0.05) is 12.7 Å². The second-order valence-corrected chi connectivity index (χ2v) is 4.29. The van der Waals surface area contributed by atoms with Crippen molar-refractivity contribution in [1.29, 1.82) is 0 Å². The first-order valence-electron chi connectivity index (χ1n) is 5.50. The van der Waals surface area contributed by atoms with Crippen LogP contribution in [0, 0.1) is 0 Å². The van der Waals surface area contributed by atoms with Crippen molar-refractivity contribution in [3.8, 4) is 0 Å². The van der Waals surface area contributed by atoms with Crippen molar-refractivity contribution in [3.05, 3.63) is 23.0 Å². The van der Waals surface area contributed by atoms with Crippen LogP contribution in [0.25, 0.3) is 0 Å². The molecule has 0 saturated carbocycles. The van der Waals surface area contributed by atoms with E-state index in [2.05, 4.69) is 0 Å². The predicted molar refractivity (Wildman–Crippen MR) is 67.8 cm³/mol. The van der Waals surface area contributed by atoms with Gasteiger partial charge < -0.3 is 20.3 Å². The zero-order valence-electron chi connectivity index (χ0n) is 10.3. The van der Waals surface area contributed by atoms with Crippen LogP contribution in [-0.4, -0.2) is 45.4 Å². The Morgan fingerprint density at radius 1 is 1.42 bits per heavy atom. The fraction of sp³-hybridized carbons (Fsp3) is 0.364. The van der Waals surface area contributed by atoms with Crippen LogP contribution < -0.4 is 5.73 Å². The topological polar surface area (TPSA) is 106 Å². The van der Waals surface area contributed by atoms with Gasteiger partial charge in [0.1, 0.15) is 18.8 Å². The van der Waals surface area contributed by atoms with E-state index in [1.54, 1.807) is 10.8 Å². The average Bonchev–Trinajstić information content (AvgIpc) is 2.67. The molecule has 0 aromatic carbocycles. The van der Waals surface area contributed by atoms with Gasteiger partial charge >= 0.3 is 5.97 Å². The zero-order valence-corrected chi connectivity index (χ0v) is 11.1. The maximum absolute atomic E-state index is 12.2. The molecule has 2 amide bonds. The number of amides is 2. The van der Waals surface area contributed by atoms with Gasteiger partial charge in [0.2, 0.25) is 5.91 Å². The molecule has 0 bridgehead atoms. The minimum absolute atomic E-state index is 0.218. The Bertz CT molecular complexity index is 496. The summed E-state index contributed by atoms with van der Waals surface area (Å²) in [6.07, 6.45) is 1.55. The van der Waals surface area contributed by atoms with Gasteiger partial charge in [-0.15, -0.1) is 0 Å². The van der Waals surface area contributed by atoms with Gasteiger partial charge in [-0.2, -0.15) is 0 Å². The van der Waals surface area contributed by atoms with Gasteiger partial charge in [-0.1, -0.05) is 11.6 Å². The van der Waals surface area contributed by atoms with Crippen molar-refractivity contribution >= 4 is 29.4 Å². The molecule has 0 aliphatic rings. The normalized spacial score (nSPS) is 10.2. The molecular formula is C11H14ClN3O4. The number of rotatable bonds is 6. The number of carboxylic acid groups (broad SMARTS) is 1. The Balaban J connectivity index is 3.03. The van der Waals surface area contributed by atoms with E-state index in [0.29, 0.717) is 11.6 Å². The minimum Gasteiger partial charge on any atom is -0.480 e. The summed E-state index contributed by atoms with van der Waals surface area (Å²) in [6.45, 7) is 1.24. The van der Waals surface area contributed by atoms with Crippen molar-refractivity contribution in [1.82, 2.24) is 9.47 Å². The molecule has 104 valence electrons. The highest BCUT2D eigenvalue weighted by molar-refractivity contribution is 6.31. The molecule has 0 aliphatic heterocycles. The van der Waals surface area contributed by atoms with Crippen molar-refractivity contribution in [2.45, 2.75) is 13.5 Å². The Labute approximate surface area is 114 Å². The Kier molecular flexibility index (Phi) is 4.94. The predicted octanol–water partition coefficient (Wildman–Crippen LogP) is 0.173. The summed E-state index contributed by atoms with van der Waals surface area (Å²) < 4.78 is 1.57. The van der Waals surface area contributed by atoms with Crippen molar-refractivity contribution in [2.75, 3.05) is 13.1 Å². The largest absolute Gasteiger partial charge is 0.480 e. The average molecular weight is 288 g/mol. The van der Waals surface area contributed by atoms with Gasteiger partial charge in [-0.05, 0) is 13.0 Å². The summed E-state index contributed by atoms with van der Waals surface area (Å²) in [5, 5.41) is 9.11. The Hall–Kier alpha value is -2.02. The first-order chi connectivity index (χ1) is 8.85. The van der Waals surface area contributed by atoms with Crippen LogP contribution in [-0.2, 0) is 16.1 Å². The summed E-state index contributed by atoms with van der Waals surface area (Å²) in [4.78, 5) is 34.6. The monoisotopic (exact) mass is 287 g/mol. The molecule has 0 spiro atoms. The number of hydrogen-bond donors (Lipinski definition) is 2. The number of nitrogens with zero attached hydrogens (tertiary/aromatic N) is 2. The lowest BCUT2D eigenvalue weighted by Gasteiger charge is -2.19. The molecule has 1 aromatic heterocycles. The van der Waals surface area contributed by atoms with E-state index in [9.17, 15) is 14.4 Å². The number of hydrogen-bond acceptors (Lipinski definition) is 3. The molecule has 3 N–H and O–H groups in total. The summed E-state index contributed by atoms with van der Waals surface area (Å²) in [5.41, 5.74) is 5.22. The highest BCUT2D eigenvalue weighted by Crippen LogP contribution is 2.16. The summed E-state index contributed by atoms with van der Waals surface area (Å²) >= 11 is 5.81. The molecule has 0 radical (unpaired) electrons. The maximum Gasteiger partial charge on any atom is 0.323 e. The zero-order chi connectivity index (χ0) is 14.6. The maximum atomic E-state index is 12.2. The standard InChI is InChI=1S/C11H14ClN3O4/c1-2-14-4-7(12)3-8(14)11(19)15(5-9(13)16)6-10(17)18/h3-4H,2,5-6H2,1H3,(H2,13,16)(H,17,18). The van der Waals surface area contributed by atoms with Gasteiger partial charge in [-0.25, -0.2) is 0 Å². The van der Waals surface area contributed by atoms with Crippen molar-refractivity contribution in [2.24, 2.45) is 5.73 Å². The summed E-state index contributed by atoms with van der Waals surface area (Å²) in [6, 6.07) is 1.42. The molecule has 0 atom stereocenters. The first-order valence-corrected chi connectivity index (χ1v) is 5.88. The number of aliphatic carboxylic acids is 1. The SMILES string of the molecule is CCn1cc(Cl)cc1C(=O)N(CC(N)=O)CC(=O)O. The lowest BCUT2D eigenvalue weighted by atomic mass is 10.3. The number of nitrogens with two attached hydrogens (primary N) is 1. The Morgan fingerprint density at radius 2 is 2.05 bits per heavy atom. The van der Waals surface area contributed by atoms with Crippen LogP contribution in [0.2, 0.25) is 5.02 Å². The second kappa shape index (κ2) is 6.24. The molecule has 0 aliphatic carbocycles. The molecule has 19 heavy (non-hydrogen) atoms. The number of halogens is 1. The van der Waals surface area contributed by atoms with Crippen molar-refractivity contribution < 1.29 is 19.5 Å². The van der Waals surface area contributed by atoms with E-state index in [1.165, 1.54) is 6.07 Å². The lowest BCUT2D eigenvalue weighted by Crippen LogP contribution is -2.42. The quantitative estimate of drug-likeness (QED) is 0.778. The van der Waals surface area contributed by atoms with E-state index < -0.39 is 30.9 Å². The molecular weight excluding hydrogens is 274 g/mol. The summed E-state index contributed by atoms with van der Waals surface area (Å²) in [7, 11) is 0. The van der Waals surface area contributed by atoms with Crippen LogP contribution in [0.5, 0.6) is 0 Å². The molecule has 0 fully saturated rings. The van der Waals surface area contributed by atoms with E-state index in [4.69, 9.17) is 22.4 Å². The lowest BCUT2D eigenvalue weighted by molar-refractivity contribution is -0.138. The number of carbonyl (C=O) groups excluding carboxylic acids is 2. The van der Waals surface area contributed by atoms with Gasteiger partial charge in [0.15, 0.2) is 0 Å². The smallest absolute Gasteiger partial charge is 0.323 e. The van der Waals surface area contributed by atoms with E-state index >= 15 is 0 Å². The van der Waals surface area contributed by atoms with Crippen molar-refractivity contribution in [3.63, 3.8) is 0 Å². The van der Waals surface area contributed by atoms with Gasteiger partial charge in [0.25, 0.3) is 5.91 Å². The van der Waals surface area contributed by atoms with E-state index in [0.717, 1.165) is 4.90 Å². The van der Waals surface area contributed by atoms with Crippen LogP contribution in [0.15, 0.2) is 12.3 Å². The van der Waals surface area contributed by atoms with E-state index in [-0.39, 0.29) is 5.69 Å². The van der Waals surface area contributed by atoms with Crippen LogP contribution in [0.3, 0.4) is 0 Å². The fourth-order valence-corrected chi connectivity index (χ4v) is 1.85. The molecule has 1 rings (SSSR count). The van der Waals surface area contributed by atoms with Gasteiger partial charge in [0.05, 0.1) is 5.02 Å². The molecule has 7 nitrogen and oxygen atoms in total. The van der Waals surface area contributed by atoms with Crippen LogP contribution in [0.1, 0.15) is 17.4 Å². The molecule has 0 unspecified atom stereocenters. The highest BCUT2D eigenvalue weighted by Gasteiger charge is 2.23. The minimum atomic E-state index is -1.23. The fourth-order valence-electron chi connectivity index (χ4n) is 1.63. The first kappa shape index (κ1) is 15.0. The molecule has 8 heteroatoms. The van der Waals surface area contributed by atoms with Crippen LogP contribution in [0.4, 0.5) is 0 Å². The molecule has 1 heterocycles. The Morgan fingerprint density at radius 3 is 2.53 bits per heavy atom.